The molecule has 0 radical (unpaired) electrons. The SMILES string of the molecule is Cc1ccc(S(=O)(=O)OCc2ccccc2)c(C2N[C@H](C(=O)O)Cc3ccccc32)c1. The number of carboxylic acids is 1. The summed E-state index contributed by atoms with van der Waals surface area (Å²) in [6, 6.07) is 20.2. The maximum Gasteiger partial charge on any atom is 0.321 e. The van der Waals surface area contributed by atoms with Crippen LogP contribution in [0.3, 0.4) is 0 Å². The Morgan fingerprint density at radius 3 is 2.48 bits per heavy atom. The first-order valence-corrected chi connectivity index (χ1v) is 11.4. The fourth-order valence-electron chi connectivity index (χ4n) is 3.89. The Hall–Kier alpha value is -3.00. The minimum absolute atomic E-state index is 0.0346. The number of hydrogen-bond acceptors (Lipinski definition) is 5. The Morgan fingerprint density at radius 1 is 1.03 bits per heavy atom. The van der Waals surface area contributed by atoms with Crippen molar-refractivity contribution in [3.05, 3.63) is 101 Å². The Balaban J connectivity index is 1.75. The van der Waals surface area contributed by atoms with Crippen molar-refractivity contribution in [2.24, 2.45) is 0 Å². The lowest BCUT2D eigenvalue weighted by atomic mass is 9.86. The second kappa shape index (κ2) is 8.63. The molecule has 0 spiro atoms. The van der Waals surface area contributed by atoms with E-state index in [-0.39, 0.29) is 11.5 Å². The van der Waals surface area contributed by atoms with Crippen molar-refractivity contribution >= 4 is 16.1 Å². The van der Waals surface area contributed by atoms with Gasteiger partial charge in [0.25, 0.3) is 10.1 Å². The number of benzene rings is 3. The molecule has 0 saturated heterocycles. The van der Waals surface area contributed by atoms with Gasteiger partial charge in [0.2, 0.25) is 0 Å². The van der Waals surface area contributed by atoms with Crippen molar-refractivity contribution in [3.8, 4) is 0 Å². The van der Waals surface area contributed by atoms with Crippen molar-refractivity contribution in [1.29, 1.82) is 0 Å². The Labute approximate surface area is 181 Å². The number of hydrogen-bond donors (Lipinski definition) is 2. The lowest BCUT2D eigenvalue weighted by molar-refractivity contribution is -0.139. The molecule has 2 N–H and O–H groups in total. The van der Waals surface area contributed by atoms with E-state index in [0.717, 1.165) is 22.3 Å². The maximum atomic E-state index is 13.1. The van der Waals surface area contributed by atoms with Gasteiger partial charge in [0.15, 0.2) is 0 Å². The standard InChI is InChI=1S/C24H23NO5S/c1-16-11-12-22(31(28,29)30-15-17-7-3-2-4-8-17)20(13-16)23-19-10-6-5-9-18(19)14-21(25-23)24(26)27/h2-13,21,23,25H,14-15H2,1H3,(H,26,27)/t21-,23?/m0/s1. The van der Waals surface area contributed by atoms with E-state index in [1.165, 1.54) is 6.07 Å². The van der Waals surface area contributed by atoms with Gasteiger partial charge in [0.05, 0.1) is 17.5 Å². The topological polar surface area (TPSA) is 92.7 Å². The van der Waals surface area contributed by atoms with E-state index < -0.39 is 28.2 Å². The van der Waals surface area contributed by atoms with E-state index in [0.29, 0.717) is 12.0 Å². The number of carboxylic acid groups (broad SMARTS) is 1. The fourth-order valence-corrected chi connectivity index (χ4v) is 5.01. The van der Waals surface area contributed by atoms with Gasteiger partial charge < -0.3 is 5.11 Å². The normalized spacial score (nSPS) is 18.4. The first-order chi connectivity index (χ1) is 14.8. The van der Waals surface area contributed by atoms with Gasteiger partial charge in [-0.1, -0.05) is 72.3 Å². The van der Waals surface area contributed by atoms with Crippen molar-refractivity contribution in [1.82, 2.24) is 5.32 Å². The van der Waals surface area contributed by atoms with Gasteiger partial charge in [-0.15, -0.1) is 0 Å². The molecule has 160 valence electrons. The van der Waals surface area contributed by atoms with Gasteiger partial charge in [-0.3, -0.25) is 14.3 Å². The van der Waals surface area contributed by atoms with Crippen molar-refractivity contribution in [2.75, 3.05) is 0 Å². The molecule has 2 atom stereocenters. The van der Waals surface area contributed by atoms with Gasteiger partial charge in [-0.25, -0.2) is 0 Å². The van der Waals surface area contributed by atoms with Gasteiger partial charge in [-0.05, 0) is 41.7 Å². The molecular formula is C24H23NO5S. The first-order valence-electron chi connectivity index (χ1n) is 9.96. The largest absolute Gasteiger partial charge is 0.480 e. The molecule has 0 bridgehead atoms. The Bertz CT molecular complexity index is 1210. The smallest absolute Gasteiger partial charge is 0.321 e. The van der Waals surface area contributed by atoms with Crippen LogP contribution in [-0.2, 0) is 32.1 Å². The second-order valence-electron chi connectivity index (χ2n) is 7.64. The third-order valence-corrected chi connectivity index (χ3v) is 6.76. The van der Waals surface area contributed by atoms with Crippen LogP contribution >= 0.6 is 0 Å². The highest BCUT2D eigenvalue weighted by Gasteiger charge is 2.34. The lowest BCUT2D eigenvalue weighted by Gasteiger charge is -2.32. The van der Waals surface area contributed by atoms with Crippen LogP contribution in [0.4, 0.5) is 0 Å². The van der Waals surface area contributed by atoms with Crippen LogP contribution in [0.1, 0.15) is 33.9 Å². The molecule has 3 aromatic rings. The van der Waals surface area contributed by atoms with Crippen molar-refractivity contribution < 1.29 is 22.5 Å². The monoisotopic (exact) mass is 437 g/mol. The molecule has 0 amide bonds. The highest BCUT2D eigenvalue weighted by Crippen LogP contribution is 2.35. The summed E-state index contributed by atoms with van der Waals surface area (Å²) in [7, 11) is -4.08. The van der Waals surface area contributed by atoms with Crippen molar-refractivity contribution in [2.45, 2.75) is 36.9 Å². The number of nitrogens with one attached hydrogen (secondary N) is 1. The maximum absolute atomic E-state index is 13.1. The van der Waals surface area contributed by atoms with Gasteiger partial charge in [0.1, 0.15) is 6.04 Å². The highest BCUT2D eigenvalue weighted by molar-refractivity contribution is 7.86. The molecular weight excluding hydrogens is 414 g/mol. The van der Waals surface area contributed by atoms with Crippen LogP contribution in [0.25, 0.3) is 0 Å². The van der Waals surface area contributed by atoms with E-state index >= 15 is 0 Å². The van der Waals surface area contributed by atoms with Crippen LogP contribution in [0.5, 0.6) is 0 Å². The summed E-state index contributed by atoms with van der Waals surface area (Å²) in [6.45, 7) is 1.79. The highest BCUT2D eigenvalue weighted by atomic mass is 32.2. The third kappa shape index (κ3) is 4.54. The summed E-state index contributed by atoms with van der Waals surface area (Å²) < 4.78 is 31.6. The van der Waals surface area contributed by atoms with E-state index in [9.17, 15) is 18.3 Å². The molecule has 7 heteroatoms. The molecule has 1 unspecified atom stereocenters. The van der Waals surface area contributed by atoms with Crippen molar-refractivity contribution in [3.63, 3.8) is 0 Å². The van der Waals surface area contributed by atoms with Gasteiger partial charge >= 0.3 is 5.97 Å². The molecule has 1 heterocycles. The fraction of sp³-hybridized carbons (Fsp3) is 0.208. The second-order valence-corrected chi connectivity index (χ2v) is 9.22. The quantitative estimate of drug-likeness (QED) is 0.573. The number of carbonyl (C=O) groups is 1. The number of aryl methyl sites for hydroxylation is 1. The van der Waals surface area contributed by atoms with Crippen LogP contribution < -0.4 is 5.32 Å². The molecule has 0 fully saturated rings. The van der Waals surface area contributed by atoms with E-state index in [1.54, 1.807) is 24.3 Å². The molecule has 0 aliphatic carbocycles. The Morgan fingerprint density at radius 2 is 1.74 bits per heavy atom. The van der Waals surface area contributed by atoms with E-state index in [1.807, 2.05) is 49.4 Å². The molecule has 1 aliphatic rings. The predicted molar refractivity (Wildman–Crippen MR) is 116 cm³/mol. The average molecular weight is 438 g/mol. The molecule has 0 aromatic heterocycles. The third-order valence-electron chi connectivity index (χ3n) is 5.43. The van der Waals surface area contributed by atoms with Gasteiger partial charge in [0, 0.05) is 0 Å². The minimum Gasteiger partial charge on any atom is -0.480 e. The number of aliphatic carboxylic acids is 1. The summed E-state index contributed by atoms with van der Waals surface area (Å²) >= 11 is 0. The van der Waals surface area contributed by atoms with E-state index in [2.05, 4.69) is 5.32 Å². The molecule has 1 aliphatic heterocycles. The molecule has 0 saturated carbocycles. The number of rotatable bonds is 6. The molecule has 31 heavy (non-hydrogen) atoms. The summed E-state index contributed by atoms with van der Waals surface area (Å²) in [4.78, 5) is 11.8. The summed E-state index contributed by atoms with van der Waals surface area (Å²) in [5.41, 5.74) is 3.84. The minimum atomic E-state index is -4.08. The lowest BCUT2D eigenvalue weighted by Crippen LogP contribution is -2.45. The van der Waals surface area contributed by atoms with Crippen LogP contribution in [0.2, 0.25) is 0 Å². The van der Waals surface area contributed by atoms with Crippen LogP contribution in [0.15, 0.2) is 77.7 Å². The summed E-state index contributed by atoms with van der Waals surface area (Å²) in [5, 5.41) is 12.7. The average Bonchev–Trinajstić information content (AvgIpc) is 2.77. The number of fused-ring (bicyclic) bond motifs is 1. The molecule has 4 rings (SSSR count). The first kappa shape index (κ1) is 21.2. The zero-order chi connectivity index (χ0) is 22.0. The zero-order valence-corrected chi connectivity index (χ0v) is 17.8. The zero-order valence-electron chi connectivity index (χ0n) is 17.0. The summed E-state index contributed by atoms with van der Waals surface area (Å²) in [5.74, 6) is -0.975. The Kier molecular flexibility index (Phi) is 5.91. The molecule has 6 nitrogen and oxygen atoms in total. The predicted octanol–water partition coefficient (Wildman–Crippen LogP) is 3.59. The van der Waals surface area contributed by atoms with Crippen LogP contribution in [0, 0.1) is 6.92 Å². The summed E-state index contributed by atoms with van der Waals surface area (Å²) in [6.07, 6.45) is 0.334. The molecule has 3 aromatic carbocycles. The van der Waals surface area contributed by atoms with Gasteiger partial charge in [-0.2, -0.15) is 8.42 Å². The van der Waals surface area contributed by atoms with E-state index in [4.69, 9.17) is 4.18 Å². The van der Waals surface area contributed by atoms with Crippen LogP contribution in [-0.4, -0.2) is 25.5 Å².